The van der Waals surface area contributed by atoms with Crippen LogP contribution in [0.4, 0.5) is 5.69 Å². The van der Waals surface area contributed by atoms with E-state index in [1.54, 1.807) is 17.1 Å². The second-order valence-electron chi connectivity index (χ2n) is 6.27. The molecule has 1 aliphatic rings. The van der Waals surface area contributed by atoms with E-state index in [4.69, 9.17) is 0 Å². The fourth-order valence-electron chi connectivity index (χ4n) is 3.50. The summed E-state index contributed by atoms with van der Waals surface area (Å²) in [4.78, 5) is 22.8. The van der Waals surface area contributed by atoms with E-state index in [2.05, 4.69) is 15.3 Å². The quantitative estimate of drug-likeness (QED) is 0.764. The Hall–Kier alpha value is -1.99. The zero-order valence-electron chi connectivity index (χ0n) is 13.5. The smallest absolute Gasteiger partial charge is 0.271 e. The number of aliphatic hydroxyl groups is 1. The van der Waals surface area contributed by atoms with Crippen LogP contribution in [0.25, 0.3) is 20.4 Å². The summed E-state index contributed by atoms with van der Waals surface area (Å²) in [6.07, 6.45) is 6.32. The first-order chi connectivity index (χ1) is 11.7. The van der Waals surface area contributed by atoms with Crippen LogP contribution in [0, 0.1) is 0 Å². The van der Waals surface area contributed by atoms with Gasteiger partial charge in [0, 0.05) is 24.5 Å². The van der Waals surface area contributed by atoms with Gasteiger partial charge >= 0.3 is 0 Å². The number of nitrogens with zero attached hydrogens (tertiary/aromatic N) is 3. The molecule has 4 rings (SSSR count). The summed E-state index contributed by atoms with van der Waals surface area (Å²) < 4.78 is 2.41. The van der Waals surface area contributed by atoms with Gasteiger partial charge in [0.25, 0.3) is 5.56 Å². The summed E-state index contributed by atoms with van der Waals surface area (Å²) >= 11 is 1.41. The largest absolute Gasteiger partial charge is 0.393 e. The van der Waals surface area contributed by atoms with Crippen LogP contribution in [0.3, 0.4) is 0 Å². The highest BCUT2D eigenvalue weighted by molar-refractivity contribution is 7.25. The Morgan fingerprint density at radius 2 is 2.12 bits per heavy atom. The molecule has 1 aliphatic carbocycles. The van der Waals surface area contributed by atoms with E-state index in [0.717, 1.165) is 53.6 Å². The number of pyridine rings is 1. The van der Waals surface area contributed by atoms with Gasteiger partial charge in [0.1, 0.15) is 9.53 Å². The molecule has 3 heterocycles. The fourth-order valence-corrected chi connectivity index (χ4v) is 4.56. The Bertz CT molecular complexity index is 941. The Kier molecular flexibility index (Phi) is 3.97. The predicted octanol–water partition coefficient (Wildman–Crippen LogP) is 2.91. The van der Waals surface area contributed by atoms with E-state index in [-0.39, 0.29) is 17.7 Å². The molecule has 24 heavy (non-hydrogen) atoms. The average molecular weight is 344 g/mol. The van der Waals surface area contributed by atoms with Crippen LogP contribution < -0.4 is 10.9 Å². The minimum absolute atomic E-state index is 0.00633. The van der Waals surface area contributed by atoms with Crippen LogP contribution in [-0.2, 0) is 0 Å². The number of fused-ring (bicyclic) bond motifs is 3. The molecule has 126 valence electrons. The number of hydrogen-bond acceptors (Lipinski definition) is 6. The van der Waals surface area contributed by atoms with Gasteiger partial charge in [-0.1, -0.05) is 0 Å². The van der Waals surface area contributed by atoms with Gasteiger partial charge in [-0.15, -0.1) is 11.3 Å². The summed E-state index contributed by atoms with van der Waals surface area (Å²) in [7, 11) is 0. The highest BCUT2D eigenvalue weighted by atomic mass is 32.1. The maximum absolute atomic E-state index is 13.0. The summed E-state index contributed by atoms with van der Waals surface area (Å²) in [6, 6.07) is 2.05. The van der Waals surface area contributed by atoms with Gasteiger partial charge in [0.05, 0.1) is 23.3 Å². The predicted molar refractivity (Wildman–Crippen MR) is 96.9 cm³/mol. The van der Waals surface area contributed by atoms with Crippen LogP contribution in [0.1, 0.15) is 38.6 Å². The van der Waals surface area contributed by atoms with Gasteiger partial charge in [-0.25, -0.2) is 9.97 Å². The zero-order chi connectivity index (χ0) is 16.7. The molecule has 6 nitrogen and oxygen atoms in total. The van der Waals surface area contributed by atoms with E-state index in [1.165, 1.54) is 11.3 Å². The van der Waals surface area contributed by atoms with E-state index < -0.39 is 0 Å². The van der Waals surface area contributed by atoms with E-state index >= 15 is 0 Å². The maximum atomic E-state index is 13.0. The lowest BCUT2D eigenvalue weighted by Crippen LogP contribution is -2.29. The van der Waals surface area contributed by atoms with Gasteiger partial charge in [0.2, 0.25) is 0 Å². The van der Waals surface area contributed by atoms with Crippen LogP contribution in [0.2, 0.25) is 0 Å². The molecule has 2 N–H and O–H groups in total. The number of hydrogen-bond donors (Lipinski definition) is 2. The zero-order valence-corrected chi connectivity index (χ0v) is 14.3. The topological polar surface area (TPSA) is 80.0 Å². The molecule has 0 spiro atoms. The molecular formula is C17H20N4O2S. The number of aliphatic hydroxyl groups excluding tert-OH is 1. The minimum atomic E-state index is -0.232. The molecule has 0 aromatic carbocycles. The lowest BCUT2D eigenvalue weighted by atomic mass is 9.93. The second kappa shape index (κ2) is 6.14. The molecule has 0 radical (unpaired) electrons. The summed E-state index contributed by atoms with van der Waals surface area (Å²) in [6.45, 7) is 2.84. The lowest BCUT2D eigenvalue weighted by molar-refractivity contribution is 0.110. The van der Waals surface area contributed by atoms with Gasteiger partial charge in [-0.05, 0) is 38.7 Å². The number of nitrogens with one attached hydrogen (secondary N) is 1. The van der Waals surface area contributed by atoms with Gasteiger partial charge in [-0.2, -0.15) is 0 Å². The molecule has 3 aromatic heterocycles. The monoisotopic (exact) mass is 344 g/mol. The second-order valence-corrected chi connectivity index (χ2v) is 7.27. The van der Waals surface area contributed by atoms with E-state index in [0.29, 0.717) is 4.70 Å². The highest BCUT2D eigenvalue weighted by Crippen LogP contribution is 2.35. The first kappa shape index (κ1) is 15.5. The Balaban J connectivity index is 1.86. The van der Waals surface area contributed by atoms with Crippen molar-refractivity contribution in [2.24, 2.45) is 0 Å². The van der Waals surface area contributed by atoms with Crippen molar-refractivity contribution in [3.8, 4) is 0 Å². The van der Waals surface area contributed by atoms with E-state index in [9.17, 15) is 9.90 Å². The van der Waals surface area contributed by atoms with Gasteiger partial charge in [0.15, 0.2) is 0 Å². The number of aromatic nitrogens is 3. The van der Waals surface area contributed by atoms with Gasteiger partial charge < -0.3 is 10.4 Å². The molecule has 0 amide bonds. The Morgan fingerprint density at radius 3 is 2.88 bits per heavy atom. The number of anilines is 1. The molecule has 0 bridgehead atoms. The molecular weight excluding hydrogens is 324 g/mol. The maximum Gasteiger partial charge on any atom is 0.271 e. The van der Waals surface area contributed by atoms with Crippen molar-refractivity contribution < 1.29 is 5.11 Å². The van der Waals surface area contributed by atoms with Crippen molar-refractivity contribution in [2.45, 2.75) is 44.8 Å². The molecule has 3 aromatic rings. The van der Waals surface area contributed by atoms with Crippen molar-refractivity contribution in [2.75, 3.05) is 11.9 Å². The molecule has 0 unspecified atom stereocenters. The van der Waals surface area contributed by atoms with Crippen molar-refractivity contribution >= 4 is 37.5 Å². The SMILES string of the molecule is CCNc1ccnc2sc3c(=O)n(C4CCC(O)CC4)cnc3c12. The van der Waals surface area contributed by atoms with Crippen LogP contribution in [0.15, 0.2) is 23.4 Å². The standard InChI is InChI=1S/C17H20N4O2S/c1-2-18-12-7-8-19-16-13(12)14-15(24-16)17(23)21(9-20-14)10-3-5-11(22)6-4-10/h7-11,22H,2-6H2,1H3,(H,18,19). The molecule has 0 aliphatic heterocycles. The molecule has 1 fully saturated rings. The summed E-state index contributed by atoms with van der Waals surface area (Å²) in [5, 5.41) is 13.9. The van der Waals surface area contributed by atoms with Crippen molar-refractivity contribution in [3.05, 3.63) is 28.9 Å². The minimum Gasteiger partial charge on any atom is -0.393 e. The molecule has 7 heteroatoms. The third-order valence-electron chi connectivity index (χ3n) is 4.73. The van der Waals surface area contributed by atoms with Crippen LogP contribution in [0.5, 0.6) is 0 Å². The third-order valence-corrected chi connectivity index (χ3v) is 5.81. The fraction of sp³-hybridized carbons (Fsp3) is 0.471. The van der Waals surface area contributed by atoms with Crippen molar-refractivity contribution in [1.29, 1.82) is 0 Å². The van der Waals surface area contributed by atoms with Gasteiger partial charge in [-0.3, -0.25) is 9.36 Å². The normalized spacial score (nSPS) is 21.4. The van der Waals surface area contributed by atoms with Crippen molar-refractivity contribution in [3.63, 3.8) is 0 Å². The van der Waals surface area contributed by atoms with E-state index in [1.807, 2.05) is 13.0 Å². The Labute approximate surface area is 143 Å². The van der Waals surface area contributed by atoms with Crippen LogP contribution in [-0.4, -0.2) is 32.3 Å². The first-order valence-electron chi connectivity index (χ1n) is 8.39. The number of thiophene rings is 1. The summed E-state index contributed by atoms with van der Waals surface area (Å²) in [5.41, 5.74) is 1.71. The highest BCUT2D eigenvalue weighted by Gasteiger charge is 2.23. The number of rotatable bonds is 3. The average Bonchev–Trinajstić information content (AvgIpc) is 2.97. The van der Waals surface area contributed by atoms with Crippen molar-refractivity contribution in [1.82, 2.24) is 14.5 Å². The third kappa shape index (κ3) is 2.48. The molecule has 0 atom stereocenters. The molecule has 0 saturated heterocycles. The Morgan fingerprint density at radius 1 is 1.33 bits per heavy atom. The summed E-state index contributed by atoms with van der Waals surface area (Å²) in [5.74, 6) is 0. The molecule has 1 saturated carbocycles. The lowest BCUT2D eigenvalue weighted by Gasteiger charge is -2.26. The first-order valence-corrected chi connectivity index (χ1v) is 9.21. The van der Waals surface area contributed by atoms with Crippen LogP contribution >= 0.6 is 11.3 Å².